The Bertz CT molecular complexity index is 2790. The third-order valence-electron chi connectivity index (χ3n) is 9.95. The van der Waals surface area contributed by atoms with E-state index in [9.17, 15) is 0 Å². The van der Waals surface area contributed by atoms with Gasteiger partial charge in [-0.05, 0) is 100 Å². The quantitative estimate of drug-likeness (QED) is 0.184. The summed E-state index contributed by atoms with van der Waals surface area (Å²) in [6.45, 7) is 0. The van der Waals surface area contributed by atoms with Gasteiger partial charge in [-0.2, -0.15) is 0 Å². The average molecular weight is 638 g/mol. The molecule has 10 rings (SSSR count). The number of nitrogens with zero attached hydrogens (tertiary/aromatic N) is 3. The topological polar surface area (TPSA) is 22.8 Å². The Hall–Kier alpha value is -6.71. The van der Waals surface area contributed by atoms with Crippen molar-refractivity contribution in [3.8, 4) is 44.9 Å². The van der Waals surface area contributed by atoms with Gasteiger partial charge in [0, 0.05) is 33.4 Å². The second-order valence-corrected chi connectivity index (χ2v) is 12.9. The molecule has 0 fully saturated rings. The molecule has 0 atom stereocenters. The van der Waals surface area contributed by atoms with Crippen LogP contribution in [0.15, 0.2) is 188 Å². The third-order valence-corrected chi connectivity index (χ3v) is 9.95. The highest BCUT2D eigenvalue weighted by Gasteiger charge is 2.17. The SMILES string of the molecule is c1ccc(-c2cc(-c3ccccc3)cc(-n3c4ccccc4c4cc(-c5ccc6c(c5)c5ccccc5n6-c5ccccn5)ccc43)c2)cc1. The molecule has 0 radical (unpaired) electrons. The van der Waals surface area contributed by atoms with Crippen molar-refractivity contribution < 1.29 is 0 Å². The van der Waals surface area contributed by atoms with Gasteiger partial charge in [-0.25, -0.2) is 4.98 Å². The summed E-state index contributed by atoms with van der Waals surface area (Å²) in [5.74, 6) is 0.924. The third kappa shape index (κ3) is 4.56. The smallest absolute Gasteiger partial charge is 0.137 e. The van der Waals surface area contributed by atoms with E-state index in [-0.39, 0.29) is 0 Å². The predicted octanol–water partition coefficient (Wildman–Crippen LogP) is 12.3. The molecule has 10 aromatic rings. The molecule has 0 spiro atoms. The molecular formula is C47H31N3. The zero-order chi connectivity index (χ0) is 33.0. The number of para-hydroxylation sites is 2. The van der Waals surface area contributed by atoms with E-state index in [1.165, 1.54) is 66.0 Å². The Labute approximate surface area is 290 Å². The summed E-state index contributed by atoms with van der Waals surface area (Å²) >= 11 is 0. The van der Waals surface area contributed by atoms with Crippen LogP contribution in [0.4, 0.5) is 0 Å². The van der Waals surface area contributed by atoms with E-state index in [0.717, 1.165) is 22.5 Å². The van der Waals surface area contributed by atoms with Crippen molar-refractivity contribution in [2.24, 2.45) is 0 Å². The summed E-state index contributed by atoms with van der Waals surface area (Å²) in [4.78, 5) is 4.70. The molecule has 0 bridgehead atoms. The Kier molecular flexibility index (Phi) is 6.49. The Morgan fingerprint density at radius 3 is 1.34 bits per heavy atom. The Morgan fingerprint density at radius 1 is 0.300 bits per heavy atom. The number of aromatic nitrogens is 3. The summed E-state index contributed by atoms with van der Waals surface area (Å²) in [6, 6.07) is 65.6. The molecule has 0 aliphatic carbocycles. The molecule has 50 heavy (non-hydrogen) atoms. The standard InChI is InChI=1S/C47H31N3/c1-3-13-32(14-4-1)36-27-37(33-15-5-2-6-16-33)29-38(28-36)49-43-19-9-7-17-39(43)41-30-34(22-24-45(41)49)35-23-25-46-42(31-35)40-18-8-10-20-44(40)50(46)47-21-11-12-26-48-47/h1-31H. The van der Waals surface area contributed by atoms with Crippen molar-refractivity contribution in [1.29, 1.82) is 0 Å². The summed E-state index contributed by atoms with van der Waals surface area (Å²) in [5.41, 5.74) is 13.0. The molecule has 0 aliphatic heterocycles. The van der Waals surface area contributed by atoms with Crippen LogP contribution < -0.4 is 0 Å². The first-order chi connectivity index (χ1) is 24.8. The predicted molar refractivity (Wildman–Crippen MR) is 209 cm³/mol. The van der Waals surface area contributed by atoms with Crippen LogP contribution in [0.2, 0.25) is 0 Å². The minimum Gasteiger partial charge on any atom is -0.309 e. The lowest BCUT2D eigenvalue weighted by Gasteiger charge is -2.14. The second kappa shape index (κ2) is 11.5. The fourth-order valence-corrected chi connectivity index (χ4v) is 7.65. The first kappa shape index (κ1) is 28.3. The molecule has 0 unspecified atom stereocenters. The van der Waals surface area contributed by atoms with E-state index in [1.807, 2.05) is 18.3 Å². The lowest BCUT2D eigenvalue weighted by Crippen LogP contribution is -1.96. The molecule has 0 saturated heterocycles. The zero-order valence-corrected chi connectivity index (χ0v) is 27.2. The van der Waals surface area contributed by atoms with E-state index < -0.39 is 0 Å². The van der Waals surface area contributed by atoms with Gasteiger partial charge in [-0.15, -0.1) is 0 Å². The number of pyridine rings is 1. The molecule has 234 valence electrons. The highest BCUT2D eigenvalue weighted by atomic mass is 15.1. The van der Waals surface area contributed by atoms with Gasteiger partial charge < -0.3 is 4.57 Å². The van der Waals surface area contributed by atoms with Crippen molar-refractivity contribution in [2.45, 2.75) is 0 Å². The minimum atomic E-state index is 0.924. The number of fused-ring (bicyclic) bond motifs is 6. The van der Waals surface area contributed by atoms with Gasteiger partial charge in [0.25, 0.3) is 0 Å². The van der Waals surface area contributed by atoms with Crippen LogP contribution in [0.5, 0.6) is 0 Å². The average Bonchev–Trinajstić information content (AvgIpc) is 3.71. The van der Waals surface area contributed by atoms with E-state index in [0.29, 0.717) is 0 Å². The Morgan fingerprint density at radius 2 is 0.780 bits per heavy atom. The number of benzene rings is 7. The zero-order valence-electron chi connectivity index (χ0n) is 27.2. The van der Waals surface area contributed by atoms with Crippen molar-refractivity contribution in [3.63, 3.8) is 0 Å². The van der Waals surface area contributed by atoms with E-state index >= 15 is 0 Å². The monoisotopic (exact) mass is 637 g/mol. The molecule has 0 aliphatic rings. The van der Waals surface area contributed by atoms with Gasteiger partial charge in [0.2, 0.25) is 0 Å². The van der Waals surface area contributed by atoms with Gasteiger partial charge in [-0.3, -0.25) is 4.57 Å². The van der Waals surface area contributed by atoms with Gasteiger partial charge in [0.1, 0.15) is 5.82 Å². The van der Waals surface area contributed by atoms with Crippen molar-refractivity contribution in [1.82, 2.24) is 14.1 Å². The van der Waals surface area contributed by atoms with Crippen LogP contribution in [0.25, 0.3) is 88.5 Å². The molecule has 0 amide bonds. The molecule has 0 N–H and O–H groups in total. The molecule has 3 heteroatoms. The van der Waals surface area contributed by atoms with Crippen LogP contribution in [0, 0.1) is 0 Å². The van der Waals surface area contributed by atoms with Crippen LogP contribution in [0.1, 0.15) is 0 Å². The maximum absolute atomic E-state index is 4.70. The first-order valence-electron chi connectivity index (χ1n) is 17.0. The van der Waals surface area contributed by atoms with Crippen molar-refractivity contribution in [3.05, 3.63) is 188 Å². The maximum Gasteiger partial charge on any atom is 0.137 e. The molecule has 3 aromatic heterocycles. The molecule has 7 aromatic carbocycles. The number of rotatable bonds is 5. The highest BCUT2D eigenvalue weighted by Crippen LogP contribution is 2.39. The summed E-state index contributed by atoms with van der Waals surface area (Å²) < 4.78 is 4.69. The maximum atomic E-state index is 4.70. The Balaban J connectivity index is 1.17. The first-order valence-corrected chi connectivity index (χ1v) is 17.0. The van der Waals surface area contributed by atoms with Gasteiger partial charge in [0.05, 0.1) is 22.1 Å². The fraction of sp³-hybridized carbons (Fsp3) is 0. The van der Waals surface area contributed by atoms with Crippen molar-refractivity contribution in [2.75, 3.05) is 0 Å². The molecular weight excluding hydrogens is 607 g/mol. The largest absolute Gasteiger partial charge is 0.309 e. The fourth-order valence-electron chi connectivity index (χ4n) is 7.65. The lowest BCUT2D eigenvalue weighted by molar-refractivity contribution is 1.08. The summed E-state index contributed by atoms with van der Waals surface area (Å²) in [5, 5.41) is 4.92. The van der Waals surface area contributed by atoms with Crippen LogP contribution in [-0.2, 0) is 0 Å². The number of hydrogen-bond acceptors (Lipinski definition) is 1. The van der Waals surface area contributed by atoms with E-state index in [2.05, 4.69) is 179 Å². The van der Waals surface area contributed by atoms with E-state index in [1.54, 1.807) is 0 Å². The van der Waals surface area contributed by atoms with Crippen LogP contribution in [-0.4, -0.2) is 14.1 Å². The van der Waals surface area contributed by atoms with Gasteiger partial charge in [0.15, 0.2) is 0 Å². The number of hydrogen-bond donors (Lipinski definition) is 0. The second-order valence-electron chi connectivity index (χ2n) is 12.9. The van der Waals surface area contributed by atoms with Gasteiger partial charge in [-0.1, -0.05) is 115 Å². The van der Waals surface area contributed by atoms with Crippen LogP contribution >= 0.6 is 0 Å². The van der Waals surface area contributed by atoms with E-state index in [4.69, 9.17) is 4.98 Å². The van der Waals surface area contributed by atoms with Gasteiger partial charge >= 0.3 is 0 Å². The normalized spacial score (nSPS) is 11.6. The molecule has 0 saturated carbocycles. The lowest BCUT2D eigenvalue weighted by atomic mass is 9.98. The molecule has 3 heterocycles. The van der Waals surface area contributed by atoms with Crippen LogP contribution in [0.3, 0.4) is 0 Å². The van der Waals surface area contributed by atoms with Crippen molar-refractivity contribution >= 4 is 43.6 Å². The summed E-state index contributed by atoms with van der Waals surface area (Å²) in [7, 11) is 0. The summed E-state index contributed by atoms with van der Waals surface area (Å²) in [6.07, 6.45) is 1.86. The molecule has 3 nitrogen and oxygen atoms in total. The minimum absolute atomic E-state index is 0.924. The highest BCUT2D eigenvalue weighted by molar-refractivity contribution is 6.12.